The molecule has 0 saturated heterocycles. The van der Waals surface area contributed by atoms with Gasteiger partial charge in [-0.1, -0.05) is 19.4 Å². The summed E-state index contributed by atoms with van der Waals surface area (Å²) in [7, 11) is 1.67. The molecule has 2 aromatic heterocycles. The number of H-pyrrole nitrogens is 1. The van der Waals surface area contributed by atoms with Crippen LogP contribution in [0.15, 0.2) is 30.5 Å². The Bertz CT molecular complexity index is 1090. The van der Waals surface area contributed by atoms with Gasteiger partial charge in [0.05, 0.1) is 30.0 Å². The van der Waals surface area contributed by atoms with Gasteiger partial charge in [0.15, 0.2) is 0 Å². The number of halogens is 3. The summed E-state index contributed by atoms with van der Waals surface area (Å²) in [5, 5.41) is 9.43. The van der Waals surface area contributed by atoms with Crippen molar-refractivity contribution in [2.24, 2.45) is 7.05 Å². The molecule has 3 rings (SSSR count). The van der Waals surface area contributed by atoms with Crippen LogP contribution in [0.2, 0.25) is 0 Å². The quantitative estimate of drug-likeness (QED) is 0.464. The fraction of sp³-hybridized carbons (Fsp3) is 0.429. The number of aromatic nitrogens is 4. The first-order valence-electron chi connectivity index (χ1n) is 10.3. The van der Waals surface area contributed by atoms with Crippen molar-refractivity contribution in [3.05, 3.63) is 47.5 Å². The third-order valence-corrected chi connectivity index (χ3v) is 4.98. The average Bonchev–Trinajstić information content (AvgIpc) is 3.34. The van der Waals surface area contributed by atoms with Gasteiger partial charge in [0.2, 0.25) is 5.91 Å². The molecular formula is C21H25F3N6O2. The van der Waals surface area contributed by atoms with Crippen molar-refractivity contribution >= 4 is 22.8 Å². The minimum atomic E-state index is -4.37. The van der Waals surface area contributed by atoms with Gasteiger partial charge in [0.1, 0.15) is 11.5 Å². The molecule has 32 heavy (non-hydrogen) atoms. The number of benzene rings is 1. The number of nitrogens with zero attached hydrogens (tertiary/aromatic N) is 3. The zero-order valence-corrected chi connectivity index (χ0v) is 17.8. The van der Waals surface area contributed by atoms with Crippen molar-refractivity contribution < 1.29 is 22.8 Å². The van der Waals surface area contributed by atoms with Crippen molar-refractivity contribution in [2.75, 3.05) is 0 Å². The number of hydrogen-bond acceptors (Lipinski definition) is 4. The van der Waals surface area contributed by atoms with Crippen LogP contribution in [0, 0.1) is 0 Å². The topological polar surface area (TPSA) is 105 Å². The van der Waals surface area contributed by atoms with Crippen LogP contribution in [0.3, 0.4) is 0 Å². The van der Waals surface area contributed by atoms with Crippen LogP contribution < -0.4 is 10.6 Å². The van der Waals surface area contributed by atoms with Crippen molar-refractivity contribution in [1.82, 2.24) is 30.4 Å². The van der Waals surface area contributed by atoms with Crippen molar-refractivity contribution in [2.45, 2.75) is 51.4 Å². The maximum atomic E-state index is 12.4. The van der Waals surface area contributed by atoms with E-state index in [0.29, 0.717) is 29.0 Å². The summed E-state index contributed by atoms with van der Waals surface area (Å²) in [5.41, 5.74) is 2.58. The second kappa shape index (κ2) is 9.84. The van der Waals surface area contributed by atoms with Gasteiger partial charge < -0.3 is 15.6 Å². The molecule has 0 unspecified atom stereocenters. The first kappa shape index (κ1) is 23.3. The van der Waals surface area contributed by atoms with E-state index < -0.39 is 31.0 Å². The largest absolute Gasteiger partial charge is 0.389 e. The fourth-order valence-electron chi connectivity index (χ4n) is 3.36. The monoisotopic (exact) mass is 450 g/mol. The van der Waals surface area contributed by atoms with E-state index in [2.05, 4.69) is 25.7 Å². The van der Waals surface area contributed by atoms with Crippen molar-refractivity contribution in [1.29, 1.82) is 0 Å². The Hall–Kier alpha value is -3.37. The Balaban J connectivity index is 1.68. The van der Waals surface area contributed by atoms with Crippen LogP contribution in [0.5, 0.6) is 0 Å². The zero-order chi connectivity index (χ0) is 23.3. The Kier molecular flexibility index (Phi) is 7.16. The number of imidazole rings is 1. The molecule has 0 aliphatic rings. The molecule has 0 radical (unpaired) electrons. The summed E-state index contributed by atoms with van der Waals surface area (Å²) in [6.45, 7) is 2.12. The van der Waals surface area contributed by atoms with Crippen LogP contribution >= 0.6 is 0 Å². The number of aromatic amines is 1. The van der Waals surface area contributed by atoms with Gasteiger partial charge in [-0.05, 0) is 30.2 Å². The van der Waals surface area contributed by atoms with Gasteiger partial charge in [-0.15, -0.1) is 0 Å². The van der Waals surface area contributed by atoms with Gasteiger partial charge in [-0.2, -0.15) is 18.3 Å². The zero-order valence-electron chi connectivity index (χ0n) is 17.8. The number of aryl methyl sites for hydroxylation is 1. The molecule has 0 aliphatic heterocycles. The first-order chi connectivity index (χ1) is 15.2. The molecule has 2 heterocycles. The summed E-state index contributed by atoms with van der Waals surface area (Å²) >= 11 is 0. The van der Waals surface area contributed by atoms with E-state index in [4.69, 9.17) is 0 Å². The number of amides is 2. The molecule has 1 atom stereocenters. The van der Waals surface area contributed by atoms with E-state index in [1.54, 1.807) is 25.2 Å². The SMILES string of the molecule is CCC[C@H](NC(=O)CCC(F)(F)F)c1ccc2nc(CNC(=O)c3ccnn3C)[nH]c2c1. The van der Waals surface area contributed by atoms with Crippen LogP contribution in [0.4, 0.5) is 13.2 Å². The summed E-state index contributed by atoms with van der Waals surface area (Å²) < 4.78 is 38.6. The molecule has 2 amide bonds. The maximum Gasteiger partial charge on any atom is 0.389 e. The highest BCUT2D eigenvalue weighted by Gasteiger charge is 2.28. The first-order valence-corrected chi connectivity index (χ1v) is 10.3. The van der Waals surface area contributed by atoms with Crippen LogP contribution in [-0.4, -0.2) is 37.7 Å². The average molecular weight is 450 g/mol. The highest BCUT2D eigenvalue weighted by molar-refractivity contribution is 5.92. The number of rotatable bonds is 9. The number of carbonyl (C=O) groups excluding carboxylic acids is 2. The normalized spacial score (nSPS) is 12.7. The van der Waals surface area contributed by atoms with Gasteiger partial charge in [-0.25, -0.2) is 4.98 Å². The molecule has 0 fully saturated rings. The second-order valence-corrected chi connectivity index (χ2v) is 7.51. The summed E-state index contributed by atoms with van der Waals surface area (Å²) in [6.07, 6.45) is -3.25. The van der Waals surface area contributed by atoms with E-state index in [1.807, 2.05) is 13.0 Å². The van der Waals surface area contributed by atoms with Crippen LogP contribution in [-0.2, 0) is 18.4 Å². The third kappa shape index (κ3) is 6.08. The molecule has 0 spiro atoms. The number of nitrogens with one attached hydrogen (secondary N) is 3. The molecule has 1 aromatic carbocycles. The Morgan fingerprint density at radius 1 is 1.25 bits per heavy atom. The van der Waals surface area contributed by atoms with E-state index in [1.165, 1.54) is 10.9 Å². The van der Waals surface area contributed by atoms with Gasteiger partial charge in [0.25, 0.3) is 5.91 Å². The molecule has 11 heteroatoms. The van der Waals surface area contributed by atoms with Crippen LogP contribution in [0.25, 0.3) is 11.0 Å². The fourth-order valence-corrected chi connectivity index (χ4v) is 3.36. The van der Waals surface area contributed by atoms with E-state index >= 15 is 0 Å². The summed E-state index contributed by atoms with van der Waals surface area (Å²) in [4.78, 5) is 31.8. The van der Waals surface area contributed by atoms with E-state index in [-0.39, 0.29) is 12.5 Å². The molecule has 0 bridgehead atoms. The van der Waals surface area contributed by atoms with Crippen molar-refractivity contribution in [3.63, 3.8) is 0 Å². The smallest absolute Gasteiger partial charge is 0.349 e. The molecule has 0 aliphatic carbocycles. The summed E-state index contributed by atoms with van der Waals surface area (Å²) in [5.74, 6) is -0.367. The number of carbonyl (C=O) groups is 2. The summed E-state index contributed by atoms with van der Waals surface area (Å²) in [6, 6.07) is 6.60. The lowest BCUT2D eigenvalue weighted by Crippen LogP contribution is -2.29. The molecule has 8 nitrogen and oxygen atoms in total. The lowest BCUT2D eigenvalue weighted by atomic mass is 10.0. The predicted octanol–water partition coefficient (Wildman–Crippen LogP) is 3.53. The Morgan fingerprint density at radius 3 is 2.69 bits per heavy atom. The highest BCUT2D eigenvalue weighted by atomic mass is 19.4. The molecule has 3 N–H and O–H groups in total. The number of fused-ring (bicyclic) bond motifs is 1. The standard InChI is InChI=1S/C21H25F3N6O2/c1-3-4-14(29-19(31)7-9-21(22,23)24)13-5-6-15-16(11-13)28-18(27-15)12-25-20(32)17-8-10-26-30(17)2/h5-6,8,10-11,14H,3-4,7,9,12H2,1-2H3,(H,25,32)(H,27,28)(H,29,31)/t14-/m0/s1. The van der Waals surface area contributed by atoms with E-state index in [0.717, 1.165) is 12.0 Å². The predicted molar refractivity (Wildman–Crippen MR) is 112 cm³/mol. The maximum absolute atomic E-state index is 12.4. The minimum Gasteiger partial charge on any atom is -0.349 e. The van der Waals surface area contributed by atoms with Gasteiger partial charge in [0, 0.05) is 19.7 Å². The molecular weight excluding hydrogens is 425 g/mol. The Morgan fingerprint density at radius 2 is 2.03 bits per heavy atom. The number of alkyl halides is 3. The minimum absolute atomic E-state index is 0.181. The van der Waals surface area contributed by atoms with Crippen LogP contribution in [0.1, 0.15) is 60.5 Å². The van der Waals surface area contributed by atoms with Gasteiger partial charge >= 0.3 is 6.18 Å². The molecule has 0 saturated carbocycles. The lowest BCUT2D eigenvalue weighted by molar-refractivity contribution is -0.144. The third-order valence-electron chi connectivity index (χ3n) is 4.98. The Labute approximate surface area is 182 Å². The van der Waals surface area contributed by atoms with Crippen molar-refractivity contribution in [3.8, 4) is 0 Å². The molecule has 172 valence electrons. The van der Waals surface area contributed by atoms with E-state index in [9.17, 15) is 22.8 Å². The molecule has 3 aromatic rings. The number of hydrogen-bond donors (Lipinski definition) is 3. The van der Waals surface area contributed by atoms with Gasteiger partial charge in [-0.3, -0.25) is 14.3 Å². The highest BCUT2D eigenvalue weighted by Crippen LogP contribution is 2.25. The lowest BCUT2D eigenvalue weighted by Gasteiger charge is -2.19. The second-order valence-electron chi connectivity index (χ2n) is 7.51.